The molecule has 0 bridgehead atoms. The average molecular weight is 281 g/mol. The van der Waals surface area contributed by atoms with Crippen molar-refractivity contribution in [2.45, 2.75) is 31.8 Å². The van der Waals surface area contributed by atoms with Gasteiger partial charge in [-0.1, -0.05) is 0 Å². The number of carbonyl (C=O) groups is 1. The van der Waals surface area contributed by atoms with E-state index >= 15 is 0 Å². The van der Waals surface area contributed by atoms with Gasteiger partial charge in [0.1, 0.15) is 6.10 Å². The first-order chi connectivity index (χ1) is 9.72. The van der Waals surface area contributed by atoms with Gasteiger partial charge in [0, 0.05) is 38.0 Å². The molecular weight excluding hydrogens is 258 g/mol. The number of carbonyl (C=O) groups excluding carboxylic acids is 1. The average Bonchev–Trinajstić information content (AvgIpc) is 3.01. The molecule has 1 aromatic heterocycles. The molecule has 0 aromatic carbocycles. The molecule has 1 aromatic rings. The number of hydrogen-bond donors (Lipinski definition) is 1. The maximum Gasteiger partial charge on any atom is 0.251 e. The van der Waals surface area contributed by atoms with Crippen LogP contribution in [0, 0.1) is 0 Å². The molecule has 20 heavy (non-hydrogen) atoms. The number of aromatic amines is 1. The molecule has 0 spiro atoms. The maximum atomic E-state index is 12.3. The lowest BCUT2D eigenvalue weighted by Gasteiger charge is -2.33. The summed E-state index contributed by atoms with van der Waals surface area (Å²) < 4.78 is 10.4. The standard InChI is InChI=1S/C14H23N3O3/c1-11(20-9-8-19-2)14(18)17-7-3-4-12(10-17)13-5-6-15-16-13/h5-6,11-12H,3-4,7-10H2,1-2H3,(H,15,16)/t11-,12+/m0/s1. The van der Waals surface area contributed by atoms with Gasteiger partial charge in [0.2, 0.25) is 0 Å². The van der Waals surface area contributed by atoms with Crippen molar-refractivity contribution in [3.63, 3.8) is 0 Å². The summed E-state index contributed by atoms with van der Waals surface area (Å²) in [5.74, 6) is 0.409. The quantitative estimate of drug-likeness (QED) is 0.795. The molecule has 1 saturated heterocycles. The highest BCUT2D eigenvalue weighted by Crippen LogP contribution is 2.25. The summed E-state index contributed by atoms with van der Waals surface area (Å²) in [6, 6.07) is 1.98. The number of aromatic nitrogens is 2. The molecule has 2 rings (SSSR count). The van der Waals surface area contributed by atoms with E-state index in [-0.39, 0.29) is 5.91 Å². The van der Waals surface area contributed by atoms with Crippen molar-refractivity contribution >= 4 is 5.91 Å². The number of piperidine rings is 1. The first kappa shape index (κ1) is 15.0. The Balaban J connectivity index is 1.86. The lowest BCUT2D eigenvalue weighted by atomic mass is 9.94. The number of ether oxygens (including phenoxy) is 2. The molecule has 1 amide bonds. The van der Waals surface area contributed by atoms with E-state index in [0.29, 0.717) is 19.1 Å². The monoisotopic (exact) mass is 281 g/mol. The van der Waals surface area contributed by atoms with E-state index in [1.807, 2.05) is 11.0 Å². The van der Waals surface area contributed by atoms with E-state index in [4.69, 9.17) is 9.47 Å². The minimum atomic E-state index is -0.411. The number of H-pyrrole nitrogens is 1. The molecule has 6 nitrogen and oxygen atoms in total. The van der Waals surface area contributed by atoms with E-state index in [1.54, 1.807) is 20.2 Å². The Bertz CT molecular complexity index is 408. The molecule has 1 aliphatic rings. The van der Waals surface area contributed by atoms with Crippen LogP contribution in [0.1, 0.15) is 31.4 Å². The zero-order valence-corrected chi connectivity index (χ0v) is 12.2. The highest BCUT2D eigenvalue weighted by atomic mass is 16.5. The molecular formula is C14H23N3O3. The third-order valence-electron chi connectivity index (χ3n) is 3.70. The van der Waals surface area contributed by atoms with Crippen LogP contribution >= 0.6 is 0 Å². The van der Waals surface area contributed by atoms with Crippen molar-refractivity contribution in [3.8, 4) is 0 Å². The first-order valence-corrected chi connectivity index (χ1v) is 7.11. The first-order valence-electron chi connectivity index (χ1n) is 7.11. The number of methoxy groups -OCH3 is 1. The molecule has 112 valence electrons. The molecule has 1 fully saturated rings. The van der Waals surface area contributed by atoms with E-state index in [9.17, 15) is 4.79 Å². The minimum absolute atomic E-state index is 0.0605. The Labute approximate surface area is 119 Å². The number of nitrogens with zero attached hydrogens (tertiary/aromatic N) is 2. The summed E-state index contributed by atoms with van der Waals surface area (Å²) in [4.78, 5) is 14.2. The van der Waals surface area contributed by atoms with Gasteiger partial charge in [-0.15, -0.1) is 0 Å². The summed E-state index contributed by atoms with van der Waals surface area (Å²) >= 11 is 0. The van der Waals surface area contributed by atoms with Crippen molar-refractivity contribution in [1.82, 2.24) is 15.1 Å². The van der Waals surface area contributed by atoms with Crippen LogP contribution in [0.15, 0.2) is 12.3 Å². The lowest BCUT2D eigenvalue weighted by molar-refractivity contribution is -0.144. The Kier molecular flexibility index (Phi) is 5.55. The van der Waals surface area contributed by atoms with Gasteiger partial charge in [-0.25, -0.2) is 0 Å². The van der Waals surface area contributed by atoms with Crippen LogP contribution in [0.3, 0.4) is 0 Å². The number of rotatable bonds is 6. The summed E-state index contributed by atoms with van der Waals surface area (Å²) in [6.45, 7) is 4.30. The van der Waals surface area contributed by atoms with Gasteiger partial charge in [0.05, 0.1) is 13.2 Å². The SMILES string of the molecule is COCCO[C@@H](C)C(=O)N1CCC[C@@H](c2ccn[nH]2)C1. The largest absolute Gasteiger partial charge is 0.382 e. The number of hydrogen-bond acceptors (Lipinski definition) is 4. The van der Waals surface area contributed by atoms with Crippen LogP contribution in [0.5, 0.6) is 0 Å². The Morgan fingerprint density at radius 3 is 3.15 bits per heavy atom. The van der Waals surface area contributed by atoms with Gasteiger partial charge in [0.15, 0.2) is 0 Å². The van der Waals surface area contributed by atoms with Crippen LogP contribution in [-0.4, -0.2) is 60.5 Å². The molecule has 0 unspecified atom stereocenters. The zero-order valence-electron chi connectivity index (χ0n) is 12.2. The van der Waals surface area contributed by atoms with Crippen molar-refractivity contribution in [2.24, 2.45) is 0 Å². The molecule has 2 atom stereocenters. The lowest BCUT2D eigenvalue weighted by Crippen LogP contribution is -2.44. The summed E-state index contributed by atoms with van der Waals surface area (Å²) in [7, 11) is 1.62. The van der Waals surface area contributed by atoms with Gasteiger partial charge in [-0.3, -0.25) is 9.89 Å². The van der Waals surface area contributed by atoms with E-state index < -0.39 is 6.10 Å². The molecule has 0 saturated carbocycles. The Hall–Kier alpha value is -1.40. The smallest absolute Gasteiger partial charge is 0.251 e. The van der Waals surface area contributed by atoms with Crippen LogP contribution in [-0.2, 0) is 14.3 Å². The molecule has 0 aliphatic carbocycles. The third kappa shape index (κ3) is 3.80. The second kappa shape index (κ2) is 7.40. The topological polar surface area (TPSA) is 67.5 Å². The van der Waals surface area contributed by atoms with Crippen molar-refractivity contribution in [2.75, 3.05) is 33.4 Å². The van der Waals surface area contributed by atoms with Crippen LogP contribution in [0.2, 0.25) is 0 Å². The van der Waals surface area contributed by atoms with E-state index in [2.05, 4.69) is 10.2 Å². The van der Waals surface area contributed by atoms with Gasteiger partial charge in [-0.05, 0) is 25.8 Å². The van der Waals surface area contributed by atoms with Crippen molar-refractivity contribution in [1.29, 1.82) is 0 Å². The van der Waals surface area contributed by atoms with Gasteiger partial charge >= 0.3 is 0 Å². The fraction of sp³-hybridized carbons (Fsp3) is 0.714. The molecule has 1 aliphatic heterocycles. The maximum absolute atomic E-state index is 12.3. The predicted molar refractivity (Wildman–Crippen MR) is 74.4 cm³/mol. The number of amides is 1. The second-order valence-electron chi connectivity index (χ2n) is 5.14. The summed E-state index contributed by atoms with van der Waals surface area (Å²) in [6.07, 6.45) is 3.45. The highest BCUT2D eigenvalue weighted by Gasteiger charge is 2.28. The minimum Gasteiger partial charge on any atom is -0.382 e. The third-order valence-corrected chi connectivity index (χ3v) is 3.70. The Morgan fingerprint density at radius 1 is 1.60 bits per heavy atom. The van der Waals surface area contributed by atoms with Crippen LogP contribution in [0.25, 0.3) is 0 Å². The van der Waals surface area contributed by atoms with Gasteiger partial charge in [0.25, 0.3) is 5.91 Å². The number of nitrogens with one attached hydrogen (secondary N) is 1. The molecule has 6 heteroatoms. The fourth-order valence-electron chi connectivity index (χ4n) is 2.56. The van der Waals surface area contributed by atoms with E-state index in [0.717, 1.165) is 31.6 Å². The molecule has 1 N–H and O–H groups in total. The zero-order chi connectivity index (χ0) is 14.4. The Morgan fingerprint density at radius 2 is 2.45 bits per heavy atom. The van der Waals surface area contributed by atoms with Gasteiger partial charge in [-0.2, -0.15) is 5.10 Å². The van der Waals surface area contributed by atoms with Crippen LogP contribution < -0.4 is 0 Å². The van der Waals surface area contributed by atoms with Crippen molar-refractivity contribution < 1.29 is 14.3 Å². The van der Waals surface area contributed by atoms with Crippen molar-refractivity contribution in [3.05, 3.63) is 18.0 Å². The summed E-state index contributed by atoms with van der Waals surface area (Å²) in [5, 5.41) is 6.99. The molecule has 0 radical (unpaired) electrons. The van der Waals surface area contributed by atoms with E-state index in [1.165, 1.54) is 0 Å². The predicted octanol–water partition coefficient (Wildman–Crippen LogP) is 1.17. The molecule has 2 heterocycles. The highest BCUT2D eigenvalue weighted by molar-refractivity contribution is 5.80. The van der Waals surface area contributed by atoms with Gasteiger partial charge < -0.3 is 14.4 Å². The number of likely N-dealkylation sites (tertiary alicyclic amines) is 1. The second-order valence-corrected chi connectivity index (χ2v) is 5.14. The summed E-state index contributed by atoms with van der Waals surface area (Å²) in [5.41, 5.74) is 1.11. The fourth-order valence-corrected chi connectivity index (χ4v) is 2.56. The normalized spacial score (nSPS) is 20.9. The van der Waals surface area contributed by atoms with Crippen LogP contribution in [0.4, 0.5) is 0 Å².